The van der Waals surface area contributed by atoms with E-state index in [4.69, 9.17) is 19.7 Å². The van der Waals surface area contributed by atoms with Crippen molar-refractivity contribution in [2.75, 3.05) is 0 Å². The van der Waals surface area contributed by atoms with Crippen LogP contribution in [0.1, 0.15) is 0 Å². The number of aromatic nitrogens is 2. The van der Waals surface area contributed by atoms with Crippen molar-refractivity contribution in [2.24, 2.45) is 0 Å². The highest BCUT2D eigenvalue weighted by Crippen LogP contribution is 2.40. The lowest BCUT2D eigenvalue weighted by molar-refractivity contribution is 1.18. The second-order valence-corrected chi connectivity index (χ2v) is 10.7. The molecule has 0 bridgehead atoms. The molecule has 0 aliphatic heterocycles. The highest BCUT2D eigenvalue weighted by Gasteiger charge is 2.18. The fourth-order valence-corrected chi connectivity index (χ4v) is 6.43. The van der Waals surface area contributed by atoms with Crippen LogP contribution in [0.4, 0.5) is 17.1 Å². The highest BCUT2D eigenvalue weighted by atomic mass is 15.0. The van der Waals surface area contributed by atoms with Gasteiger partial charge < -0.3 is 9.13 Å². The van der Waals surface area contributed by atoms with Crippen LogP contribution in [0, 0.1) is 19.7 Å². The molecule has 0 fully saturated rings. The van der Waals surface area contributed by atoms with Crippen molar-refractivity contribution in [3.05, 3.63) is 162 Å². The third-order valence-electron chi connectivity index (χ3n) is 8.34. The summed E-state index contributed by atoms with van der Waals surface area (Å²) >= 11 is 0. The molecule has 0 saturated carbocycles. The van der Waals surface area contributed by atoms with Crippen LogP contribution in [0.15, 0.2) is 127 Å². The van der Waals surface area contributed by atoms with Gasteiger partial charge in [0, 0.05) is 22.0 Å². The van der Waals surface area contributed by atoms with Crippen LogP contribution in [-0.4, -0.2) is 9.13 Å². The molecule has 0 spiro atoms. The molecule has 5 heteroatoms. The summed E-state index contributed by atoms with van der Waals surface area (Å²) in [7, 11) is 0. The molecule has 202 valence electrons. The molecule has 0 N–H and O–H groups in total. The molecule has 2 heterocycles. The molecule has 0 atom stereocenters. The highest BCUT2D eigenvalue weighted by molar-refractivity contribution is 6.12. The Morgan fingerprint density at radius 2 is 1.02 bits per heavy atom. The van der Waals surface area contributed by atoms with Crippen LogP contribution < -0.4 is 0 Å². The standard InChI is InChI=1S/C39H21N5/c1-40-26-9-8-10-29(22-26)43-37-19-16-27(41-2)24-34(37)32-18-15-25(21-39(32)43)30-11-4-6-13-35(30)44-36-14-7-5-12-31(36)33-23-28(42-3)17-20-38(33)44/h4-24H. The summed E-state index contributed by atoms with van der Waals surface area (Å²) in [5.41, 5.74) is 9.96. The quantitative estimate of drug-likeness (QED) is 0.192. The summed E-state index contributed by atoms with van der Waals surface area (Å²) in [6.45, 7) is 22.7. The van der Waals surface area contributed by atoms with E-state index in [2.05, 4.69) is 84.3 Å². The minimum atomic E-state index is 0.574. The van der Waals surface area contributed by atoms with Gasteiger partial charge >= 0.3 is 0 Å². The van der Waals surface area contributed by atoms with Crippen molar-refractivity contribution < 1.29 is 0 Å². The van der Waals surface area contributed by atoms with Crippen molar-refractivity contribution >= 4 is 60.7 Å². The van der Waals surface area contributed by atoms with Gasteiger partial charge in [-0.1, -0.05) is 72.8 Å². The monoisotopic (exact) mass is 559 g/mol. The molecule has 0 saturated heterocycles. The van der Waals surface area contributed by atoms with Crippen LogP contribution in [0.2, 0.25) is 0 Å². The van der Waals surface area contributed by atoms with Crippen molar-refractivity contribution in [1.82, 2.24) is 9.13 Å². The Hall–Kier alpha value is -6.61. The van der Waals surface area contributed by atoms with Crippen molar-refractivity contribution in [2.45, 2.75) is 0 Å². The molecule has 0 aliphatic rings. The Kier molecular flexibility index (Phi) is 5.56. The molecular formula is C39H21N5. The number of fused-ring (bicyclic) bond motifs is 6. The molecule has 8 rings (SSSR count). The van der Waals surface area contributed by atoms with Crippen molar-refractivity contribution in [3.63, 3.8) is 0 Å². The summed E-state index contributed by atoms with van der Waals surface area (Å²) in [4.78, 5) is 11.0. The van der Waals surface area contributed by atoms with Gasteiger partial charge in [-0.05, 0) is 70.9 Å². The molecule has 6 aromatic carbocycles. The van der Waals surface area contributed by atoms with Crippen LogP contribution in [0.3, 0.4) is 0 Å². The van der Waals surface area contributed by atoms with Gasteiger partial charge in [0.25, 0.3) is 0 Å². The van der Waals surface area contributed by atoms with E-state index in [0.29, 0.717) is 17.1 Å². The Labute approximate surface area is 253 Å². The lowest BCUT2D eigenvalue weighted by Gasteiger charge is -2.15. The van der Waals surface area contributed by atoms with Crippen LogP contribution in [0.25, 0.3) is 80.6 Å². The summed E-state index contributed by atoms with van der Waals surface area (Å²) in [6.07, 6.45) is 0. The molecule has 0 amide bonds. The summed E-state index contributed by atoms with van der Waals surface area (Å²) < 4.78 is 4.47. The van der Waals surface area contributed by atoms with Gasteiger partial charge in [0.05, 0.1) is 47.5 Å². The van der Waals surface area contributed by atoms with Crippen LogP contribution in [-0.2, 0) is 0 Å². The van der Waals surface area contributed by atoms with E-state index in [1.54, 1.807) is 0 Å². The van der Waals surface area contributed by atoms with E-state index in [1.807, 2.05) is 66.7 Å². The van der Waals surface area contributed by atoms with Crippen LogP contribution in [0.5, 0.6) is 0 Å². The number of rotatable bonds is 3. The topological polar surface area (TPSA) is 22.9 Å². The van der Waals surface area contributed by atoms with E-state index in [1.165, 1.54) is 0 Å². The third-order valence-corrected chi connectivity index (χ3v) is 8.34. The lowest BCUT2D eigenvalue weighted by atomic mass is 10.0. The lowest BCUT2D eigenvalue weighted by Crippen LogP contribution is -1.97. The molecule has 0 unspecified atom stereocenters. The van der Waals surface area contributed by atoms with E-state index >= 15 is 0 Å². The molecular weight excluding hydrogens is 538 g/mol. The van der Waals surface area contributed by atoms with Gasteiger partial charge in [-0.25, -0.2) is 14.5 Å². The van der Waals surface area contributed by atoms with Gasteiger partial charge in [0.15, 0.2) is 17.1 Å². The molecule has 44 heavy (non-hydrogen) atoms. The summed E-state index contributed by atoms with van der Waals surface area (Å²) in [6, 6.07) is 42.6. The molecule has 5 nitrogen and oxygen atoms in total. The number of para-hydroxylation sites is 2. The third kappa shape index (κ3) is 3.70. The largest absolute Gasteiger partial charge is 0.311 e. The van der Waals surface area contributed by atoms with Gasteiger partial charge in [-0.2, -0.15) is 0 Å². The number of nitrogens with zero attached hydrogens (tertiary/aromatic N) is 5. The van der Waals surface area contributed by atoms with Gasteiger partial charge in [0.1, 0.15) is 0 Å². The minimum absolute atomic E-state index is 0.574. The van der Waals surface area contributed by atoms with E-state index in [-0.39, 0.29) is 0 Å². The average Bonchev–Trinajstić information content (AvgIpc) is 3.59. The van der Waals surface area contributed by atoms with Gasteiger partial charge in [-0.3, -0.25) is 0 Å². The van der Waals surface area contributed by atoms with E-state index in [0.717, 1.165) is 66.1 Å². The van der Waals surface area contributed by atoms with Gasteiger partial charge in [0.2, 0.25) is 0 Å². The molecule has 0 radical (unpaired) electrons. The summed E-state index contributed by atoms with van der Waals surface area (Å²) in [5.74, 6) is 0. The fraction of sp³-hybridized carbons (Fsp3) is 0. The second-order valence-electron chi connectivity index (χ2n) is 10.7. The predicted molar refractivity (Wildman–Crippen MR) is 179 cm³/mol. The number of benzene rings is 6. The first-order valence-electron chi connectivity index (χ1n) is 14.1. The number of hydrogen-bond acceptors (Lipinski definition) is 0. The Morgan fingerprint density at radius 3 is 1.77 bits per heavy atom. The zero-order chi connectivity index (χ0) is 29.8. The van der Waals surface area contributed by atoms with Crippen LogP contribution >= 0.6 is 0 Å². The maximum atomic E-state index is 7.60. The SMILES string of the molecule is [C-]#[N+]c1cccc(-n2c3ccc([N+]#[C-])cc3c3ccc(-c4ccccc4-n4c5ccccc5c5cc([N+]#[C-])ccc54)cc32)c1. The van der Waals surface area contributed by atoms with Crippen molar-refractivity contribution in [1.29, 1.82) is 0 Å². The molecule has 8 aromatic rings. The van der Waals surface area contributed by atoms with Crippen molar-refractivity contribution in [3.8, 4) is 22.5 Å². The normalized spacial score (nSPS) is 11.1. The molecule has 0 aliphatic carbocycles. The summed E-state index contributed by atoms with van der Waals surface area (Å²) in [5, 5.41) is 4.20. The number of hydrogen-bond donors (Lipinski definition) is 0. The smallest absolute Gasteiger partial charge is 0.189 e. The Morgan fingerprint density at radius 1 is 0.409 bits per heavy atom. The first-order valence-corrected chi connectivity index (χ1v) is 14.1. The maximum Gasteiger partial charge on any atom is 0.189 e. The van der Waals surface area contributed by atoms with E-state index < -0.39 is 0 Å². The zero-order valence-corrected chi connectivity index (χ0v) is 23.4. The zero-order valence-electron chi connectivity index (χ0n) is 23.4. The van der Waals surface area contributed by atoms with E-state index in [9.17, 15) is 0 Å². The average molecular weight is 560 g/mol. The first kappa shape index (κ1) is 25.1. The Balaban J connectivity index is 1.43. The maximum absolute atomic E-state index is 7.60. The second kappa shape index (κ2) is 9.74. The first-order chi connectivity index (χ1) is 21.7. The molecule has 2 aromatic heterocycles. The Bertz CT molecular complexity index is 2600. The fourth-order valence-electron chi connectivity index (χ4n) is 6.43. The van der Waals surface area contributed by atoms with Gasteiger partial charge in [-0.15, -0.1) is 0 Å². The minimum Gasteiger partial charge on any atom is -0.311 e. The predicted octanol–water partition coefficient (Wildman–Crippen LogP) is 11.2.